The largest absolute Gasteiger partial charge is 0.480 e. The highest BCUT2D eigenvalue weighted by atomic mass is 79.9. The predicted octanol–water partition coefficient (Wildman–Crippen LogP) is 2.60. The van der Waals surface area contributed by atoms with E-state index < -0.39 is 5.97 Å². The van der Waals surface area contributed by atoms with E-state index in [9.17, 15) is 4.79 Å². The lowest BCUT2D eigenvalue weighted by molar-refractivity contribution is -0.135. The van der Waals surface area contributed by atoms with Crippen molar-refractivity contribution < 1.29 is 9.90 Å². The molecule has 0 bridgehead atoms. The van der Waals surface area contributed by atoms with Crippen LogP contribution in [-0.2, 0) is 4.79 Å². The van der Waals surface area contributed by atoms with Crippen LogP contribution in [0.25, 0.3) is 0 Å². The lowest BCUT2D eigenvalue weighted by atomic mass is 10.2. The van der Waals surface area contributed by atoms with Crippen molar-refractivity contribution in [3.8, 4) is 0 Å². The molecule has 0 saturated carbocycles. The fourth-order valence-corrected chi connectivity index (χ4v) is 2.51. The predicted molar refractivity (Wildman–Crippen MR) is 64.5 cm³/mol. The molecule has 0 spiro atoms. The molecule has 15 heavy (non-hydrogen) atoms. The topological polar surface area (TPSA) is 53.4 Å². The Bertz CT molecular complexity index is 343. The number of carboxylic acid groups (broad SMARTS) is 1. The Morgan fingerprint density at radius 2 is 2.47 bits per heavy atom. The summed E-state index contributed by atoms with van der Waals surface area (Å²) in [7, 11) is 0. The Balaban J connectivity index is 2.85. The molecule has 1 atom stereocenters. The van der Waals surface area contributed by atoms with Gasteiger partial charge in [0.25, 0.3) is 0 Å². The first-order valence-electron chi connectivity index (χ1n) is 4.64. The maximum absolute atomic E-state index is 10.7. The van der Waals surface area contributed by atoms with Crippen LogP contribution < -0.4 is 4.90 Å². The van der Waals surface area contributed by atoms with Gasteiger partial charge in [0.2, 0.25) is 0 Å². The maximum Gasteiger partial charge on any atom is 0.323 e. The minimum atomic E-state index is -0.832. The van der Waals surface area contributed by atoms with Gasteiger partial charge >= 0.3 is 5.97 Å². The van der Waals surface area contributed by atoms with Crippen LogP contribution in [0, 0.1) is 0 Å². The Morgan fingerprint density at radius 1 is 1.80 bits per heavy atom. The van der Waals surface area contributed by atoms with Gasteiger partial charge in [0.05, 0.1) is 0 Å². The zero-order chi connectivity index (χ0) is 11.4. The lowest BCUT2D eigenvalue weighted by Gasteiger charge is -2.25. The van der Waals surface area contributed by atoms with Gasteiger partial charge in [0, 0.05) is 11.4 Å². The van der Waals surface area contributed by atoms with Crippen molar-refractivity contribution in [2.45, 2.75) is 26.3 Å². The highest BCUT2D eigenvalue weighted by Gasteiger charge is 2.18. The summed E-state index contributed by atoms with van der Waals surface area (Å²) in [6, 6.07) is 0.180. The number of aliphatic carboxylic acids is 1. The van der Waals surface area contributed by atoms with Crippen molar-refractivity contribution in [3.05, 3.63) is 9.98 Å². The number of hydrogen-bond donors (Lipinski definition) is 1. The quantitative estimate of drug-likeness (QED) is 0.906. The second kappa shape index (κ2) is 5.46. The molecular weight excluding hydrogens is 280 g/mol. The average molecular weight is 293 g/mol. The molecule has 6 heteroatoms. The molecular formula is C9H13BrN2O2S. The molecule has 84 valence electrons. The van der Waals surface area contributed by atoms with Gasteiger partial charge in [0.15, 0.2) is 5.13 Å². The number of thiazole rings is 1. The number of halogens is 1. The van der Waals surface area contributed by atoms with E-state index in [0.29, 0.717) is 0 Å². The molecule has 0 aliphatic carbocycles. The van der Waals surface area contributed by atoms with E-state index in [2.05, 4.69) is 20.9 Å². The van der Waals surface area contributed by atoms with Crippen LogP contribution in [0.5, 0.6) is 0 Å². The lowest BCUT2D eigenvalue weighted by Crippen LogP contribution is -2.37. The molecule has 0 aliphatic heterocycles. The van der Waals surface area contributed by atoms with E-state index in [1.807, 2.05) is 19.2 Å². The first-order valence-corrected chi connectivity index (χ1v) is 6.31. The zero-order valence-corrected chi connectivity index (χ0v) is 11.0. The summed E-state index contributed by atoms with van der Waals surface area (Å²) >= 11 is 4.71. The Labute approximate surface area is 101 Å². The first-order chi connectivity index (χ1) is 7.04. The van der Waals surface area contributed by atoms with Crippen molar-refractivity contribution in [2.75, 3.05) is 11.4 Å². The summed E-state index contributed by atoms with van der Waals surface area (Å²) in [5.41, 5.74) is 0. The van der Waals surface area contributed by atoms with E-state index in [1.165, 1.54) is 11.3 Å². The Morgan fingerprint density at radius 3 is 2.87 bits per heavy atom. The van der Waals surface area contributed by atoms with Gasteiger partial charge in [-0.3, -0.25) is 4.79 Å². The van der Waals surface area contributed by atoms with E-state index >= 15 is 0 Å². The van der Waals surface area contributed by atoms with Crippen LogP contribution >= 0.6 is 27.3 Å². The average Bonchev–Trinajstić information content (AvgIpc) is 2.59. The Hall–Kier alpha value is -0.620. The molecule has 0 amide bonds. The third-order valence-electron chi connectivity index (χ3n) is 2.14. The van der Waals surface area contributed by atoms with Crippen molar-refractivity contribution >= 4 is 38.4 Å². The molecule has 0 aromatic carbocycles. The SMILES string of the molecule is CCC(C)N(CC(=O)O)c1nc(Br)cs1. The van der Waals surface area contributed by atoms with Crippen LogP contribution in [-0.4, -0.2) is 28.6 Å². The summed E-state index contributed by atoms with van der Waals surface area (Å²) in [5, 5.41) is 11.4. The minimum absolute atomic E-state index is 0.00500. The highest BCUT2D eigenvalue weighted by molar-refractivity contribution is 9.10. The molecule has 0 radical (unpaired) electrons. The van der Waals surface area contributed by atoms with Gasteiger partial charge in [-0.25, -0.2) is 4.98 Å². The summed E-state index contributed by atoms with van der Waals surface area (Å²) in [5.74, 6) is -0.832. The normalized spacial score (nSPS) is 12.5. The highest BCUT2D eigenvalue weighted by Crippen LogP contribution is 2.25. The van der Waals surface area contributed by atoms with Gasteiger partial charge in [-0.2, -0.15) is 0 Å². The summed E-state index contributed by atoms with van der Waals surface area (Å²) in [6.07, 6.45) is 0.893. The number of rotatable bonds is 5. The number of anilines is 1. The molecule has 1 unspecified atom stereocenters. The summed E-state index contributed by atoms with van der Waals surface area (Å²) in [6.45, 7) is 4.02. The van der Waals surface area contributed by atoms with Gasteiger partial charge in [-0.15, -0.1) is 11.3 Å². The summed E-state index contributed by atoms with van der Waals surface area (Å²) < 4.78 is 0.751. The van der Waals surface area contributed by atoms with Crippen molar-refractivity contribution in [1.82, 2.24) is 4.98 Å². The van der Waals surface area contributed by atoms with Crippen LogP contribution in [0.2, 0.25) is 0 Å². The number of carbonyl (C=O) groups is 1. The van der Waals surface area contributed by atoms with Crippen LogP contribution in [0.1, 0.15) is 20.3 Å². The fraction of sp³-hybridized carbons (Fsp3) is 0.556. The van der Waals surface area contributed by atoms with Gasteiger partial charge in [-0.05, 0) is 29.3 Å². The first kappa shape index (κ1) is 12.4. The smallest absolute Gasteiger partial charge is 0.323 e. The fourth-order valence-electron chi connectivity index (χ4n) is 1.16. The molecule has 1 aromatic heterocycles. The molecule has 1 aromatic rings. The van der Waals surface area contributed by atoms with Gasteiger partial charge < -0.3 is 10.0 Å². The number of aromatic nitrogens is 1. The van der Waals surface area contributed by atoms with Crippen molar-refractivity contribution in [2.24, 2.45) is 0 Å². The van der Waals surface area contributed by atoms with E-state index in [1.54, 1.807) is 4.90 Å². The van der Waals surface area contributed by atoms with Crippen LogP contribution in [0.3, 0.4) is 0 Å². The van der Waals surface area contributed by atoms with E-state index in [0.717, 1.165) is 16.2 Å². The number of nitrogens with zero attached hydrogens (tertiary/aromatic N) is 2. The van der Waals surface area contributed by atoms with E-state index in [4.69, 9.17) is 5.11 Å². The zero-order valence-electron chi connectivity index (χ0n) is 8.61. The van der Waals surface area contributed by atoms with Gasteiger partial charge in [-0.1, -0.05) is 6.92 Å². The molecule has 1 heterocycles. The second-order valence-corrected chi connectivity index (χ2v) is 4.88. The van der Waals surface area contributed by atoms with Crippen LogP contribution in [0.4, 0.5) is 5.13 Å². The van der Waals surface area contributed by atoms with E-state index in [-0.39, 0.29) is 12.6 Å². The molecule has 4 nitrogen and oxygen atoms in total. The van der Waals surface area contributed by atoms with Crippen molar-refractivity contribution in [3.63, 3.8) is 0 Å². The molecule has 0 aliphatic rings. The monoisotopic (exact) mass is 292 g/mol. The maximum atomic E-state index is 10.7. The standard InChI is InChI=1S/C9H13BrN2O2S/c1-3-6(2)12(4-8(13)14)9-11-7(10)5-15-9/h5-6H,3-4H2,1-2H3,(H,13,14). The minimum Gasteiger partial charge on any atom is -0.480 e. The molecule has 0 fully saturated rings. The summed E-state index contributed by atoms with van der Waals surface area (Å²) in [4.78, 5) is 16.8. The third kappa shape index (κ3) is 3.46. The van der Waals surface area contributed by atoms with Crippen LogP contribution in [0.15, 0.2) is 9.98 Å². The van der Waals surface area contributed by atoms with Gasteiger partial charge in [0.1, 0.15) is 11.1 Å². The third-order valence-corrected chi connectivity index (χ3v) is 3.73. The molecule has 1 rings (SSSR count). The molecule has 0 saturated heterocycles. The Kier molecular flexibility index (Phi) is 4.53. The molecule has 1 N–H and O–H groups in total. The second-order valence-electron chi connectivity index (χ2n) is 3.23. The number of hydrogen-bond acceptors (Lipinski definition) is 4. The van der Waals surface area contributed by atoms with Crippen molar-refractivity contribution in [1.29, 1.82) is 0 Å². The number of carboxylic acids is 1.